The van der Waals surface area contributed by atoms with Crippen LogP contribution in [-0.4, -0.2) is 59.0 Å². The van der Waals surface area contributed by atoms with Crippen LogP contribution in [0.1, 0.15) is 51.0 Å². The van der Waals surface area contributed by atoms with Crippen molar-refractivity contribution in [1.29, 1.82) is 0 Å². The maximum absolute atomic E-state index is 12.6. The second kappa shape index (κ2) is 10.3. The van der Waals surface area contributed by atoms with Crippen LogP contribution in [-0.2, 0) is 21.2 Å². The number of hydrogen-bond acceptors (Lipinski definition) is 6. The highest BCUT2D eigenvalue weighted by Gasteiger charge is 2.30. The van der Waals surface area contributed by atoms with E-state index in [0.29, 0.717) is 38.9 Å². The quantitative estimate of drug-likeness (QED) is 0.669. The van der Waals surface area contributed by atoms with Gasteiger partial charge in [0.05, 0.1) is 11.4 Å². The molecule has 168 valence electrons. The normalized spacial score (nSPS) is 15.9. The van der Waals surface area contributed by atoms with Crippen LogP contribution in [0.3, 0.4) is 0 Å². The summed E-state index contributed by atoms with van der Waals surface area (Å²) in [4.78, 5) is 25.9. The zero-order chi connectivity index (χ0) is 22.4. The van der Waals surface area contributed by atoms with Gasteiger partial charge in [0.2, 0.25) is 15.9 Å². The van der Waals surface area contributed by atoms with Crippen LogP contribution in [0.4, 0.5) is 0 Å². The monoisotopic (exact) mass is 445 g/mol. The van der Waals surface area contributed by atoms with E-state index in [2.05, 4.69) is 29.1 Å². The van der Waals surface area contributed by atoms with E-state index in [1.807, 2.05) is 18.3 Å². The highest BCUT2D eigenvalue weighted by Crippen LogP contribution is 2.23. The van der Waals surface area contributed by atoms with Gasteiger partial charge in [-0.15, -0.1) is 0 Å². The molecule has 2 aromatic heterocycles. The number of amides is 1. The van der Waals surface area contributed by atoms with E-state index in [9.17, 15) is 13.2 Å². The first-order chi connectivity index (χ1) is 14.8. The van der Waals surface area contributed by atoms with Crippen molar-refractivity contribution >= 4 is 15.9 Å². The summed E-state index contributed by atoms with van der Waals surface area (Å²) in [5.41, 5.74) is 2.84. The molecule has 31 heavy (non-hydrogen) atoms. The fourth-order valence-electron chi connectivity index (χ4n) is 3.70. The topological polar surface area (TPSA) is 105 Å². The number of nitrogens with one attached hydrogen (secondary N) is 1. The van der Waals surface area contributed by atoms with E-state index in [4.69, 9.17) is 4.98 Å². The van der Waals surface area contributed by atoms with Crippen molar-refractivity contribution in [3.63, 3.8) is 0 Å². The molecule has 3 rings (SSSR count). The van der Waals surface area contributed by atoms with Crippen LogP contribution in [0, 0.1) is 5.92 Å². The van der Waals surface area contributed by atoms with Gasteiger partial charge in [-0.05, 0) is 37.5 Å². The van der Waals surface area contributed by atoms with Crippen molar-refractivity contribution in [3.8, 4) is 11.1 Å². The number of hydrogen-bond donors (Lipinski definition) is 1. The van der Waals surface area contributed by atoms with Crippen LogP contribution in [0.2, 0.25) is 0 Å². The molecule has 1 aliphatic rings. The molecule has 3 heterocycles. The SMILES string of the molecule is CCS(=O)(=O)N1CCC(C(=O)NCCc2nc(C(C)C)ncc2-c2ccncc2)CC1. The largest absolute Gasteiger partial charge is 0.355 e. The van der Waals surface area contributed by atoms with E-state index < -0.39 is 10.0 Å². The number of nitrogens with zero attached hydrogens (tertiary/aromatic N) is 4. The first kappa shape index (κ1) is 23.3. The molecule has 8 nitrogen and oxygen atoms in total. The fourth-order valence-corrected chi connectivity index (χ4v) is 4.83. The second-order valence-electron chi connectivity index (χ2n) is 8.09. The van der Waals surface area contributed by atoms with Crippen LogP contribution in [0.5, 0.6) is 0 Å². The molecule has 0 unspecified atom stereocenters. The lowest BCUT2D eigenvalue weighted by atomic mass is 9.97. The molecule has 1 amide bonds. The van der Waals surface area contributed by atoms with Crippen LogP contribution in [0.25, 0.3) is 11.1 Å². The first-order valence-electron chi connectivity index (χ1n) is 10.8. The van der Waals surface area contributed by atoms with Crippen molar-refractivity contribution < 1.29 is 13.2 Å². The first-order valence-corrected chi connectivity index (χ1v) is 12.4. The molecule has 0 spiro atoms. The molecule has 1 N–H and O–H groups in total. The molecule has 1 saturated heterocycles. The van der Waals surface area contributed by atoms with Crippen LogP contribution >= 0.6 is 0 Å². The second-order valence-corrected chi connectivity index (χ2v) is 10.4. The van der Waals surface area contributed by atoms with E-state index in [-0.39, 0.29) is 23.5 Å². The Morgan fingerprint density at radius 1 is 1.23 bits per heavy atom. The number of piperidine rings is 1. The average Bonchev–Trinajstić information content (AvgIpc) is 2.79. The predicted molar refractivity (Wildman–Crippen MR) is 120 cm³/mol. The molecule has 0 aromatic carbocycles. The Bertz CT molecular complexity index is 987. The minimum Gasteiger partial charge on any atom is -0.355 e. The average molecular weight is 446 g/mol. The molecule has 0 atom stereocenters. The third-order valence-electron chi connectivity index (χ3n) is 5.64. The molecule has 0 aliphatic carbocycles. The number of sulfonamides is 1. The molecule has 0 saturated carbocycles. The zero-order valence-corrected chi connectivity index (χ0v) is 19.2. The summed E-state index contributed by atoms with van der Waals surface area (Å²) in [6.45, 7) is 7.04. The van der Waals surface area contributed by atoms with Gasteiger partial charge in [-0.3, -0.25) is 9.78 Å². The van der Waals surface area contributed by atoms with E-state index in [1.54, 1.807) is 19.3 Å². The maximum Gasteiger partial charge on any atom is 0.223 e. The smallest absolute Gasteiger partial charge is 0.223 e. The lowest BCUT2D eigenvalue weighted by molar-refractivity contribution is -0.126. The number of aromatic nitrogens is 3. The van der Waals surface area contributed by atoms with Gasteiger partial charge >= 0.3 is 0 Å². The lowest BCUT2D eigenvalue weighted by Gasteiger charge is -2.30. The number of carbonyl (C=O) groups is 1. The van der Waals surface area contributed by atoms with Crippen LogP contribution in [0.15, 0.2) is 30.7 Å². The van der Waals surface area contributed by atoms with Crippen molar-refractivity contribution in [2.45, 2.75) is 46.0 Å². The van der Waals surface area contributed by atoms with Gasteiger partial charge in [0.15, 0.2) is 0 Å². The predicted octanol–water partition coefficient (Wildman–Crippen LogP) is 2.38. The minimum absolute atomic E-state index is 0.0165. The fraction of sp³-hybridized carbons (Fsp3) is 0.545. The van der Waals surface area contributed by atoms with Gasteiger partial charge in [-0.25, -0.2) is 22.7 Å². The molecule has 0 radical (unpaired) electrons. The standard InChI is InChI=1S/C22H31N5O3S/c1-4-31(29,30)27-13-8-18(9-14-27)22(28)24-12-7-20-19(17-5-10-23-11-6-17)15-25-21(26-20)16(2)3/h5-6,10-11,15-16,18H,4,7-9,12-14H2,1-3H3,(H,24,28). The van der Waals surface area contributed by atoms with Gasteiger partial charge in [-0.1, -0.05) is 13.8 Å². The highest BCUT2D eigenvalue weighted by atomic mass is 32.2. The molecule has 9 heteroatoms. The lowest BCUT2D eigenvalue weighted by Crippen LogP contribution is -2.43. The Labute approximate surface area is 184 Å². The molecular weight excluding hydrogens is 414 g/mol. The van der Waals surface area contributed by atoms with Gasteiger partial charge in [-0.2, -0.15) is 0 Å². The summed E-state index contributed by atoms with van der Waals surface area (Å²) >= 11 is 0. The van der Waals surface area contributed by atoms with E-state index in [1.165, 1.54) is 4.31 Å². The summed E-state index contributed by atoms with van der Waals surface area (Å²) in [6.07, 6.45) is 7.02. The Kier molecular flexibility index (Phi) is 7.72. The Balaban J connectivity index is 1.61. The van der Waals surface area contributed by atoms with Crippen molar-refractivity contribution in [2.75, 3.05) is 25.4 Å². The third kappa shape index (κ3) is 5.86. The molecular formula is C22H31N5O3S. The number of pyridine rings is 1. The molecule has 2 aromatic rings. The summed E-state index contributed by atoms with van der Waals surface area (Å²) in [5, 5.41) is 3.02. The number of rotatable bonds is 8. The van der Waals surface area contributed by atoms with Gasteiger partial charge in [0.1, 0.15) is 5.82 Å². The summed E-state index contributed by atoms with van der Waals surface area (Å²) in [6, 6.07) is 3.85. The third-order valence-corrected chi connectivity index (χ3v) is 7.52. The van der Waals surface area contributed by atoms with Gasteiger partial charge < -0.3 is 5.32 Å². The Hall–Kier alpha value is -2.39. The zero-order valence-electron chi connectivity index (χ0n) is 18.4. The van der Waals surface area contributed by atoms with E-state index >= 15 is 0 Å². The van der Waals surface area contributed by atoms with Gasteiger partial charge in [0, 0.05) is 62.0 Å². The summed E-state index contributed by atoms with van der Waals surface area (Å²) in [7, 11) is -3.18. The Morgan fingerprint density at radius 3 is 2.52 bits per heavy atom. The van der Waals surface area contributed by atoms with Gasteiger partial charge in [0.25, 0.3) is 0 Å². The molecule has 1 fully saturated rings. The van der Waals surface area contributed by atoms with Crippen molar-refractivity contribution in [1.82, 2.24) is 24.6 Å². The Morgan fingerprint density at radius 2 is 1.90 bits per heavy atom. The van der Waals surface area contributed by atoms with Crippen molar-refractivity contribution in [2.24, 2.45) is 5.92 Å². The molecule has 0 bridgehead atoms. The van der Waals surface area contributed by atoms with Crippen LogP contribution < -0.4 is 5.32 Å². The molecule has 1 aliphatic heterocycles. The van der Waals surface area contributed by atoms with Crippen molar-refractivity contribution in [3.05, 3.63) is 42.2 Å². The number of carbonyl (C=O) groups excluding carboxylic acids is 1. The minimum atomic E-state index is -3.18. The van der Waals surface area contributed by atoms with E-state index in [0.717, 1.165) is 22.6 Å². The maximum atomic E-state index is 12.6. The highest BCUT2D eigenvalue weighted by molar-refractivity contribution is 7.89. The summed E-state index contributed by atoms with van der Waals surface area (Å²) < 4.78 is 25.5. The summed E-state index contributed by atoms with van der Waals surface area (Å²) in [5.74, 6) is 0.922.